The first-order valence-electron chi connectivity index (χ1n) is 9.06. The van der Waals surface area contributed by atoms with Crippen LogP contribution in [0.5, 0.6) is 0 Å². The van der Waals surface area contributed by atoms with E-state index in [9.17, 15) is 12.8 Å². The number of piperazine rings is 1. The molecule has 3 rings (SSSR count). The standard InChI is InChI=1S/C18H27FN4O2S.HI/c1-26(24,25)18(8-2-3-9-18)14-21-17(20)23-12-10-22(11-13-23)16-6-4-15(19)5-7-16;/h4-7H,2-3,8-14H2,1H3,(H2,20,21);1H. The van der Waals surface area contributed by atoms with E-state index in [1.54, 1.807) is 12.1 Å². The molecule has 1 saturated heterocycles. The summed E-state index contributed by atoms with van der Waals surface area (Å²) in [6, 6.07) is 6.48. The second kappa shape index (κ2) is 8.93. The zero-order chi connectivity index (χ0) is 18.8. The number of benzene rings is 1. The molecular weight excluding hydrogens is 482 g/mol. The van der Waals surface area contributed by atoms with Crippen LogP contribution in [-0.4, -0.2) is 63.0 Å². The van der Waals surface area contributed by atoms with E-state index < -0.39 is 14.6 Å². The number of halogens is 2. The minimum Gasteiger partial charge on any atom is -0.370 e. The molecule has 0 unspecified atom stereocenters. The van der Waals surface area contributed by atoms with Gasteiger partial charge in [0, 0.05) is 38.1 Å². The van der Waals surface area contributed by atoms with Crippen molar-refractivity contribution in [3.8, 4) is 0 Å². The fourth-order valence-corrected chi connectivity index (χ4v) is 5.17. The zero-order valence-corrected chi connectivity index (χ0v) is 18.8. The normalized spacial score (nSPS) is 20.4. The fraction of sp³-hybridized carbons (Fsp3) is 0.611. The first kappa shape index (κ1) is 22.2. The molecule has 0 atom stereocenters. The zero-order valence-electron chi connectivity index (χ0n) is 15.6. The maximum atomic E-state index is 13.0. The largest absolute Gasteiger partial charge is 0.370 e. The molecular formula is C18H28FIN4O2S. The van der Waals surface area contributed by atoms with Gasteiger partial charge in [-0.1, -0.05) is 12.8 Å². The molecule has 2 fully saturated rings. The molecule has 0 aromatic heterocycles. The van der Waals surface area contributed by atoms with Crippen LogP contribution in [0.4, 0.5) is 10.1 Å². The monoisotopic (exact) mass is 510 g/mol. The van der Waals surface area contributed by atoms with E-state index in [0.717, 1.165) is 31.6 Å². The van der Waals surface area contributed by atoms with Crippen LogP contribution < -0.4 is 10.6 Å². The summed E-state index contributed by atoms with van der Waals surface area (Å²) in [5, 5.41) is 0. The van der Waals surface area contributed by atoms with Crippen LogP contribution in [0.3, 0.4) is 0 Å². The van der Waals surface area contributed by atoms with Crippen LogP contribution in [0.15, 0.2) is 29.3 Å². The molecule has 27 heavy (non-hydrogen) atoms. The highest BCUT2D eigenvalue weighted by Gasteiger charge is 2.43. The molecule has 1 heterocycles. The molecule has 1 aliphatic heterocycles. The third kappa shape index (κ3) is 5.04. The minimum absolute atomic E-state index is 0. The van der Waals surface area contributed by atoms with Crippen molar-refractivity contribution in [1.29, 1.82) is 0 Å². The van der Waals surface area contributed by atoms with Gasteiger partial charge in [0.15, 0.2) is 15.8 Å². The van der Waals surface area contributed by atoms with Gasteiger partial charge in [-0.15, -0.1) is 24.0 Å². The summed E-state index contributed by atoms with van der Waals surface area (Å²) in [6.45, 7) is 3.19. The van der Waals surface area contributed by atoms with Crippen molar-refractivity contribution >= 4 is 45.5 Å². The first-order chi connectivity index (χ1) is 12.3. The molecule has 0 bridgehead atoms. The summed E-state index contributed by atoms with van der Waals surface area (Å²) >= 11 is 0. The molecule has 152 valence electrons. The number of aliphatic imine (C=N–C) groups is 1. The van der Waals surface area contributed by atoms with Gasteiger partial charge in [-0.2, -0.15) is 0 Å². The van der Waals surface area contributed by atoms with Crippen molar-refractivity contribution in [2.24, 2.45) is 10.7 Å². The summed E-state index contributed by atoms with van der Waals surface area (Å²) in [7, 11) is -3.16. The lowest BCUT2D eigenvalue weighted by Crippen LogP contribution is -2.51. The Morgan fingerprint density at radius 3 is 2.22 bits per heavy atom. The summed E-state index contributed by atoms with van der Waals surface area (Å²) in [4.78, 5) is 8.62. The van der Waals surface area contributed by atoms with Crippen LogP contribution in [0.25, 0.3) is 0 Å². The quantitative estimate of drug-likeness (QED) is 0.382. The van der Waals surface area contributed by atoms with Crippen molar-refractivity contribution in [3.63, 3.8) is 0 Å². The number of nitrogens with zero attached hydrogens (tertiary/aromatic N) is 3. The number of nitrogens with two attached hydrogens (primary N) is 1. The third-order valence-corrected chi connectivity index (χ3v) is 7.74. The van der Waals surface area contributed by atoms with E-state index in [-0.39, 0.29) is 36.3 Å². The Balaban J connectivity index is 0.00000261. The predicted octanol–water partition coefficient (Wildman–Crippen LogP) is 2.24. The molecule has 2 N–H and O–H groups in total. The summed E-state index contributed by atoms with van der Waals surface area (Å²) in [6.07, 6.45) is 4.51. The SMILES string of the molecule is CS(=O)(=O)C1(CN=C(N)N2CCN(c3ccc(F)cc3)CC2)CCCC1.I. The number of guanidine groups is 1. The van der Waals surface area contributed by atoms with Crippen LogP contribution in [-0.2, 0) is 9.84 Å². The van der Waals surface area contributed by atoms with E-state index in [4.69, 9.17) is 5.73 Å². The number of sulfone groups is 1. The maximum absolute atomic E-state index is 13.0. The van der Waals surface area contributed by atoms with Crippen molar-refractivity contribution < 1.29 is 12.8 Å². The second-order valence-electron chi connectivity index (χ2n) is 7.29. The molecule has 9 heteroatoms. The summed E-state index contributed by atoms with van der Waals surface area (Å²) in [5.74, 6) is 0.175. The molecule has 0 radical (unpaired) electrons. The van der Waals surface area contributed by atoms with Gasteiger partial charge in [0.1, 0.15) is 5.82 Å². The van der Waals surface area contributed by atoms with Gasteiger partial charge in [-0.3, -0.25) is 4.99 Å². The van der Waals surface area contributed by atoms with Crippen molar-refractivity contribution in [2.45, 2.75) is 30.4 Å². The van der Waals surface area contributed by atoms with Gasteiger partial charge in [-0.05, 0) is 37.1 Å². The van der Waals surface area contributed by atoms with Crippen molar-refractivity contribution in [3.05, 3.63) is 30.1 Å². The van der Waals surface area contributed by atoms with Crippen molar-refractivity contribution in [1.82, 2.24) is 4.90 Å². The van der Waals surface area contributed by atoms with E-state index in [1.807, 2.05) is 4.90 Å². The Labute approximate surface area is 177 Å². The summed E-state index contributed by atoms with van der Waals surface area (Å²) in [5.41, 5.74) is 7.14. The predicted molar refractivity (Wildman–Crippen MR) is 118 cm³/mol. The van der Waals surface area contributed by atoms with Crippen molar-refractivity contribution in [2.75, 3.05) is 43.9 Å². The number of rotatable bonds is 4. The average Bonchev–Trinajstić information content (AvgIpc) is 3.11. The minimum atomic E-state index is -3.16. The molecule has 2 aliphatic rings. The lowest BCUT2D eigenvalue weighted by molar-refractivity contribution is 0.379. The fourth-order valence-electron chi connectivity index (χ4n) is 3.84. The van der Waals surface area contributed by atoms with Gasteiger partial charge in [0.05, 0.1) is 11.3 Å². The molecule has 0 amide bonds. The average molecular weight is 510 g/mol. The highest BCUT2D eigenvalue weighted by molar-refractivity contribution is 14.0. The molecule has 6 nitrogen and oxygen atoms in total. The lowest BCUT2D eigenvalue weighted by atomic mass is 10.1. The number of hydrogen-bond donors (Lipinski definition) is 1. The summed E-state index contributed by atoms with van der Waals surface area (Å²) < 4.78 is 36.7. The molecule has 1 aromatic carbocycles. The van der Waals surface area contributed by atoms with Gasteiger partial charge in [-0.25, -0.2) is 12.8 Å². The molecule has 1 aromatic rings. The van der Waals surface area contributed by atoms with Gasteiger partial charge in [0.2, 0.25) is 0 Å². The van der Waals surface area contributed by atoms with Gasteiger partial charge in [0.25, 0.3) is 0 Å². The topological polar surface area (TPSA) is 79.0 Å². The molecule has 0 spiro atoms. The number of hydrogen-bond acceptors (Lipinski definition) is 4. The highest BCUT2D eigenvalue weighted by atomic mass is 127. The van der Waals surface area contributed by atoms with E-state index in [0.29, 0.717) is 31.9 Å². The first-order valence-corrected chi connectivity index (χ1v) is 10.9. The molecule has 1 aliphatic carbocycles. The van der Waals surface area contributed by atoms with Gasteiger partial charge < -0.3 is 15.5 Å². The smallest absolute Gasteiger partial charge is 0.191 e. The Morgan fingerprint density at radius 2 is 1.70 bits per heavy atom. The van der Waals surface area contributed by atoms with Crippen LogP contribution in [0, 0.1) is 5.82 Å². The van der Waals surface area contributed by atoms with E-state index in [1.165, 1.54) is 18.4 Å². The van der Waals surface area contributed by atoms with Gasteiger partial charge >= 0.3 is 0 Å². The highest BCUT2D eigenvalue weighted by Crippen LogP contribution is 2.36. The van der Waals surface area contributed by atoms with E-state index in [2.05, 4.69) is 9.89 Å². The third-order valence-electron chi connectivity index (χ3n) is 5.63. The van der Waals surface area contributed by atoms with E-state index >= 15 is 0 Å². The van der Waals surface area contributed by atoms with Crippen LogP contribution in [0.2, 0.25) is 0 Å². The Kier molecular flexibility index (Phi) is 7.34. The Bertz CT molecular complexity index is 756. The van der Waals surface area contributed by atoms with Crippen LogP contribution >= 0.6 is 24.0 Å². The lowest BCUT2D eigenvalue weighted by Gasteiger charge is -2.37. The Morgan fingerprint density at radius 1 is 1.15 bits per heavy atom. The Hall–Kier alpha value is -1.10. The van der Waals surface area contributed by atoms with Crippen LogP contribution in [0.1, 0.15) is 25.7 Å². The molecule has 1 saturated carbocycles. The maximum Gasteiger partial charge on any atom is 0.191 e. The number of anilines is 1. The second-order valence-corrected chi connectivity index (χ2v) is 9.70.